The molecule has 0 unspecified atom stereocenters. The lowest BCUT2D eigenvalue weighted by Crippen LogP contribution is -2.11. The molecule has 41 valence electrons. The Balaban J connectivity index is 2.45. The third-order valence-electron chi connectivity index (χ3n) is 0.499. The monoisotopic (exact) mass is 101 g/mol. The van der Waals surface area contributed by atoms with Crippen molar-refractivity contribution in [2.24, 2.45) is 11.5 Å². The summed E-state index contributed by atoms with van der Waals surface area (Å²) < 4.78 is 4.65. The molecule has 0 amide bonds. The van der Waals surface area contributed by atoms with E-state index in [4.69, 9.17) is 11.5 Å². The Morgan fingerprint density at radius 1 is 1.43 bits per heavy atom. The number of rotatable bonds is 4. The summed E-state index contributed by atoms with van der Waals surface area (Å²) in [6.45, 7) is 0.875. The van der Waals surface area contributed by atoms with Gasteiger partial charge >= 0.3 is 0 Å². The van der Waals surface area contributed by atoms with Crippen LogP contribution in [-0.4, -0.2) is 20.8 Å². The molecule has 0 aromatic carbocycles. The van der Waals surface area contributed by atoms with Crippen molar-refractivity contribution in [1.29, 1.82) is 0 Å². The van der Waals surface area contributed by atoms with E-state index in [0.717, 1.165) is 6.32 Å². The second kappa shape index (κ2) is 5.94. The maximum Gasteiger partial charge on any atom is 0.295 e. The van der Waals surface area contributed by atoms with E-state index in [1.807, 2.05) is 0 Å². The Hall–Kier alpha value is -0.0551. The zero-order chi connectivity index (χ0) is 5.54. The molecule has 0 aromatic heterocycles. The molecule has 0 bridgehead atoms. The van der Waals surface area contributed by atoms with Gasteiger partial charge in [0.1, 0.15) is 0 Å². The molecule has 0 aliphatic rings. The van der Waals surface area contributed by atoms with Crippen LogP contribution in [0.25, 0.3) is 0 Å². The number of hydrogen-bond donors (Lipinski definition) is 2. The lowest BCUT2D eigenvalue weighted by molar-refractivity contribution is 0.348. The van der Waals surface area contributed by atoms with Crippen molar-refractivity contribution in [1.82, 2.24) is 0 Å². The Labute approximate surface area is 44.3 Å². The van der Waals surface area contributed by atoms with Gasteiger partial charge in [0.05, 0.1) is 6.73 Å². The molecule has 0 fully saturated rings. The molecule has 0 aliphatic carbocycles. The number of nitrogens with two attached hydrogens (primary N) is 2. The fourth-order valence-electron chi connectivity index (χ4n) is 0.219. The highest BCUT2D eigenvalue weighted by atomic mass is 16.4. The van der Waals surface area contributed by atoms with E-state index in [9.17, 15) is 0 Å². The van der Waals surface area contributed by atoms with Crippen molar-refractivity contribution in [2.45, 2.75) is 6.32 Å². The van der Waals surface area contributed by atoms with Crippen LogP contribution < -0.4 is 11.5 Å². The third-order valence-corrected chi connectivity index (χ3v) is 0.499. The summed E-state index contributed by atoms with van der Waals surface area (Å²) in [6, 6.07) is 0. The van der Waals surface area contributed by atoms with Crippen molar-refractivity contribution in [3.8, 4) is 0 Å². The van der Waals surface area contributed by atoms with E-state index in [2.05, 4.69) is 4.65 Å². The largest absolute Gasteiger partial charge is 0.429 e. The second-order valence-electron chi connectivity index (χ2n) is 1.08. The van der Waals surface area contributed by atoms with Gasteiger partial charge in [0.25, 0.3) is 7.48 Å². The van der Waals surface area contributed by atoms with Crippen molar-refractivity contribution < 1.29 is 4.65 Å². The molecule has 0 rings (SSSR count). The van der Waals surface area contributed by atoms with Gasteiger partial charge in [-0.15, -0.1) is 0 Å². The highest BCUT2D eigenvalue weighted by molar-refractivity contribution is 6.27. The molecule has 0 aliphatic heterocycles. The molecule has 3 nitrogen and oxygen atoms in total. The van der Waals surface area contributed by atoms with Gasteiger partial charge in [-0.05, 0) is 12.9 Å². The molecule has 0 aromatic rings. The highest BCUT2D eigenvalue weighted by Gasteiger charge is 1.84. The van der Waals surface area contributed by atoms with Crippen LogP contribution in [0.2, 0.25) is 6.32 Å². The Bertz CT molecular complexity index is 32.1. The van der Waals surface area contributed by atoms with Crippen LogP contribution in [0.15, 0.2) is 0 Å². The summed E-state index contributed by atoms with van der Waals surface area (Å²) >= 11 is 0. The van der Waals surface area contributed by atoms with E-state index in [1.54, 1.807) is 7.48 Å². The number of hydrogen-bond acceptors (Lipinski definition) is 3. The fourth-order valence-corrected chi connectivity index (χ4v) is 0.219. The highest BCUT2D eigenvalue weighted by Crippen LogP contribution is 1.71. The predicted molar refractivity (Wildman–Crippen MR) is 29.8 cm³/mol. The lowest BCUT2D eigenvalue weighted by Gasteiger charge is -1.92. The molecule has 1 radical (unpaired) electrons. The van der Waals surface area contributed by atoms with Gasteiger partial charge in [-0.1, -0.05) is 0 Å². The first-order valence-electron chi connectivity index (χ1n) is 2.25. The van der Waals surface area contributed by atoms with Gasteiger partial charge in [0.15, 0.2) is 0 Å². The topological polar surface area (TPSA) is 61.3 Å². The van der Waals surface area contributed by atoms with Gasteiger partial charge in [-0.2, -0.15) is 0 Å². The normalized spacial score (nSPS) is 8.86. The minimum Gasteiger partial charge on any atom is -0.429 e. The van der Waals surface area contributed by atoms with Crippen molar-refractivity contribution in [2.75, 3.05) is 13.3 Å². The van der Waals surface area contributed by atoms with E-state index in [-0.39, 0.29) is 6.73 Å². The average Bonchev–Trinajstić information content (AvgIpc) is 1.69. The van der Waals surface area contributed by atoms with Gasteiger partial charge in [-0.3, -0.25) is 0 Å². The second-order valence-corrected chi connectivity index (χ2v) is 1.08. The van der Waals surface area contributed by atoms with Crippen LogP contribution in [0.3, 0.4) is 0 Å². The van der Waals surface area contributed by atoms with E-state index >= 15 is 0 Å². The Kier molecular flexibility index (Phi) is 5.90. The summed E-state index contributed by atoms with van der Waals surface area (Å²) in [5, 5.41) is 0. The zero-order valence-corrected chi connectivity index (χ0v) is 4.26. The summed E-state index contributed by atoms with van der Waals surface area (Å²) in [5.41, 5.74) is 10.1. The minimum absolute atomic E-state index is 0.250. The van der Waals surface area contributed by atoms with Crippen LogP contribution in [0.1, 0.15) is 0 Å². The van der Waals surface area contributed by atoms with Crippen LogP contribution in [0, 0.1) is 0 Å². The van der Waals surface area contributed by atoms with Gasteiger partial charge < -0.3 is 16.1 Å². The average molecular weight is 101 g/mol. The Morgan fingerprint density at radius 2 is 2.14 bits per heavy atom. The first-order valence-corrected chi connectivity index (χ1v) is 2.25. The summed E-state index contributed by atoms with van der Waals surface area (Å²) in [6.07, 6.45) is 0.775. The van der Waals surface area contributed by atoms with Crippen LogP contribution in [-0.2, 0) is 4.65 Å². The maximum absolute atomic E-state index is 5.12. The standard InChI is InChI=1S/C3H10BN2O/c5-2-1-4-7-3-6/h1-3,5-6H2. The van der Waals surface area contributed by atoms with E-state index < -0.39 is 0 Å². The predicted octanol–water partition coefficient (Wildman–Crippen LogP) is -1.08. The van der Waals surface area contributed by atoms with Gasteiger partial charge in [0, 0.05) is 0 Å². The first-order chi connectivity index (χ1) is 3.41. The van der Waals surface area contributed by atoms with E-state index in [0.29, 0.717) is 6.54 Å². The molecule has 7 heavy (non-hydrogen) atoms. The van der Waals surface area contributed by atoms with Crippen LogP contribution in [0.5, 0.6) is 0 Å². The molecular formula is C3H10BN2O. The van der Waals surface area contributed by atoms with Crippen LogP contribution in [0.4, 0.5) is 0 Å². The minimum atomic E-state index is 0.250. The van der Waals surface area contributed by atoms with Crippen molar-refractivity contribution in [3.05, 3.63) is 0 Å². The molecular weight excluding hydrogens is 90.9 g/mol. The molecule has 0 saturated carbocycles. The van der Waals surface area contributed by atoms with Crippen molar-refractivity contribution >= 4 is 7.48 Å². The SMILES string of the molecule is NCC[B]OCN. The molecule has 4 heteroatoms. The van der Waals surface area contributed by atoms with Crippen LogP contribution >= 0.6 is 0 Å². The smallest absolute Gasteiger partial charge is 0.295 e. The fraction of sp³-hybridized carbons (Fsp3) is 1.00. The third kappa shape index (κ3) is 5.94. The summed E-state index contributed by atoms with van der Waals surface area (Å²) in [4.78, 5) is 0. The Morgan fingerprint density at radius 3 is 2.57 bits per heavy atom. The molecule has 0 saturated heterocycles. The molecule has 0 heterocycles. The lowest BCUT2D eigenvalue weighted by atomic mass is 9.96. The summed E-state index contributed by atoms with van der Waals surface area (Å²) in [7, 11) is 1.61. The quantitative estimate of drug-likeness (QED) is 0.269. The maximum atomic E-state index is 5.12. The van der Waals surface area contributed by atoms with E-state index in [1.165, 1.54) is 0 Å². The zero-order valence-electron chi connectivity index (χ0n) is 4.26. The van der Waals surface area contributed by atoms with Crippen molar-refractivity contribution in [3.63, 3.8) is 0 Å². The first kappa shape index (κ1) is 6.94. The van der Waals surface area contributed by atoms with Gasteiger partial charge in [0.2, 0.25) is 0 Å². The van der Waals surface area contributed by atoms with Gasteiger partial charge in [-0.25, -0.2) is 0 Å². The molecule has 0 spiro atoms. The molecule has 4 N–H and O–H groups in total. The summed E-state index contributed by atoms with van der Waals surface area (Å²) in [5.74, 6) is 0. The molecule has 0 atom stereocenters.